The van der Waals surface area contributed by atoms with Gasteiger partial charge >= 0.3 is 0 Å². The zero-order valence-electron chi connectivity index (χ0n) is 16.9. The predicted octanol–water partition coefficient (Wildman–Crippen LogP) is 1.11. The largest absolute Gasteiger partial charge is 0.383 e. The zero-order valence-corrected chi connectivity index (χ0v) is 16.9. The molecule has 1 aliphatic heterocycles. The number of likely N-dealkylation sites (N-methyl/N-ethyl adjacent to an activating group) is 1. The summed E-state index contributed by atoms with van der Waals surface area (Å²) in [6.07, 6.45) is 0. The van der Waals surface area contributed by atoms with Crippen molar-refractivity contribution in [2.45, 2.75) is 19.5 Å². The first-order valence-electron chi connectivity index (χ1n) is 9.62. The van der Waals surface area contributed by atoms with Gasteiger partial charge in [-0.2, -0.15) is 0 Å². The van der Waals surface area contributed by atoms with Gasteiger partial charge in [0, 0.05) is 53.1 Å². The molecule has 3 rings (SSSR count). The van der Waals surface area contributed by atoms with Crippen molar-refractivity contribution in [1.82, 2.24) is 30.0 Å². The van der Waals surface area contributed by atoms with Crippen LogP contribution in [0.3, 0.4) is 0 Å². The monoisotopic (exact) mass is 373 g/mol. The number of benzene rings is 1. The van der Waals surface area contributed by atoms with E-state index < -0.39 is 0 Å². The Bertz CT molecular complexity index is 692. The molecule has 1 aromatic carbocycles. The van der Waals surface area contributed by atoms with Crippen LogP contribution in [0, 0.1) is 0 Å². The van der Waals surface area contributed by atoms with E-state index in [1.165, 1.54) is 11.3 Å². The molecule has 0 N–H and O–H groups in total. The van der Waals surface area contributed by atoms with Crippen LogP contribution in [0.25, 0.3) is 0 Å². The van der Waals surface area contributed by atoms with E-state index in [9.17, 15) is 0 Å². The molecule has 148 valence electrons. The topological polar surface area (TPSA) is 62.5 Å². The Balaban J connectivity index is 1.91. The second kappa shape index (κ2) is 9.25. The summed E-state index contributed by atoms with van der Waals surface area (Å²) in [7, 11) is 5.81. The number of hydrogen-bond donors (Lipinski definition) is 0. The molecule has 1 aromatic heterocycles. The van der Waals surface area contributed by atoms with Crippen LogP contribution < -0.4 is 4.90 Å². The minimum absolute atomic E-state index is 0.0482. The number of piperazine rings is 1. The summed E-state index contributed by atoms with van der Waals surface area (Å²) < 4.78 is 7.10. The molecule has 1 aliphatic rings. The van der Waals surface area contributed by atoms with Crippen molar-refractivity contribution < 1.29 is 4.74 Å². The Labute approximate surface area is 161 Å². The number of rotatable bonds is 8. The summed E-state index contributed by atoms with van der Waals surface area (Å²) in [6.45, 7) is 8.72. The molecule has 0 bridgehead atoms. The first-order valence-corrected chi connectivity index (χ1v) is 9.62. The average molecular weight is 374 g/mol. The first kappa shape index (κ1) is 19.7. The second-order valence-corrected chi connectivity index (χ2v) is 7.11. The van der Waals surface area contributed by atoms with Gasteiger partial charge in [0.15, 0.2) is 5.82 Å². The van der Waals surface area contributed by atoms with Gasteiger partial charge in [0.05, 0.1) is 19.2 Å². The fraction of sp³-hybridized carbons (Fsp3) is 0.632. The molecule has 0 aliphatic carbocycles. The maximum absolute atomic E-state index is 5.23. The van der Waals surface area contributed by atoms with E-state index in [0.717, 1.165) is 38.5 Å². The molecule has 1 saturated heterocycles. The third kappa shape index (κ3) is 4.63. The van der Waals surface area contributed by atoms with Gasteiger partial charge < -0.3 is 14.5 Å². The quantitative estimate of drug-likeness (QED) is 0.687. The van der Waals surface area contributed by atoms with Crippen LogP contribution in [0.15, 0.2) is 24.3 Å². The van der Waals surface area contributed by atoms with Crippen molar-refractivity contribution in [3.63, 3.8) is 0 Å². The minimum atomic E-state index is 0.0482. The number of nitrogens with zero attached hydrogens (tertiary/aromatic N) is 7. The molecule has 0 unspecified atom stereocenters. The number of tetrazole rings is 1. The van der Waals surface area contributed by atoms with Crippen molar-refractivity contribution in [2.75, 3.05) is 65.4 Å². The van der Waals surface area contributed by atoms with Crippen LogP contribution in [-0.2, 0) is 11.3 Å². The lowest BCUT2D eigenvalue weighted by atomic mass is 10.0. The third-order valence-electron chi connectivity index (χ3n) is 5.26. The number of ether oxygens (including phenoxy) is 1. The summed E-state index contributed by atoms with van der Waals surface area (Å²) in [5.74, 6) is 0.884. The van der Waals surface area contributed by atoms with Gasteiger partial charge in [-0.25, -0.2) is 4.68 Å². The number of anilines is 1. The fourth-order valence-electron chi connectivity index (χ4n) is 3.56. The number of methoxy groups -OCH3 is 1. The van der Waals surface area contributed by atoms with E-state index >= 15 is 0 Å². The lowest BCUT2D eigenvalue weighted by Crippen LogP contribution is -2.48. The van der Waals surface area contributed by atoms with Crippen LogP contribution in [-0.4, -0.2) is 90.5 Å². The summed E-state index contributed by atoms with van der Waals surface area (Å²) in [6, 6.07) is 8.76. The first-order chi connectivity index (χ1) is 13.1. The molecule has 1 fully saturated rings. The van der Waals surface area contributed by atoms with Crippen molar-refractivity contribution in [3.8, 4) is 0 Å². The van der Waals surface area contributed by atoms with Crippen LogP contribution in [0.5, 0.6) is 0 Å². The van der Waals surface area contributed by atoms with Gasteiger partial charge in [0.2, 0.25) is 0 Å². The van der Waals surface area contributed by atoms with Gasteiger partial charge in [0.25, 0.3) is 0 Å². The molecular formula is C19H31N7O. The van der Waals surface area contributed by atoms with Crippen LogP contribution in [0.4, 0.5) is 5.69 Å². The highest BCUT2D eigenvalue weighted by atomic mass is 16.5. The molecule has 1 atom stereocenters. The van der Waals surface area contributed by atoms with E-state index in [0.29, 0.717) is 13.2 Å². The predicted molar refractivity (Wildman–Crippen MR) is 106 cm³/mol. The number of aromatic nitrogens is 4. The molecule has 0 spiro atoms. The molecule has 2 heterocycles. The zero-order chi connectivity index (χ0) is 19.2. The average Bonchev–Trinajstić information content (AvgIpc) is 3.15. The summed E-state index contributed by atoms with van der Waals surface area (Å²) in [4.78, 5) is 7.09. The smallest absolute Gasteiger partial charge is 0.173 e. The Morgan fingerprint density at radius 2 is 1.81 bits per heavy atom. The van der Waals surface area contributed by atoms with Crippen molar-refractivity contribution in [2.24, 2.45) is 0 Å². The van der Waals surface area contributed by atoms with Gasteiger partial charge in [-0.1, -0.05) is 19.1 Å². The molecule has 27 heavy (non-hydrogen) atoms. The van der Waals surface area contributed by atoms with Crippen LogP contribution in [0.2, 0.25) is 0 Å². The van der Waals surface area contributed by atoms with E-state index in [4.69, 9.17) is 4.74 Å². The van der Waals surface area contributed by atoms with Crippen molar-refractivity contribution >= 4 is 5.69 Å². The Morgan fingerprint density at radius 3 is 2.41 bits per heavy atom. The van der Waals surface area contributed by atoms with Crippen LogP contribution in [0.1, 0.15) is 24.4 Å². The molecule has 8 nitrogen and oxygen atoms in total. The number of hydrogen-bond acceptors (Lipinski definition) is 7. The Kier molecular flexibility index (Phi) is 6.76. The molecule has 0 amide bonds. The van der Waals surface area contributed by atoms with E-state index in [2.05, 4.69) is 75.5 Å². The summed E-state index contributed by atoms with van der Waals surface area (Å²) in [5.41, 5.74) is 2.41. The molecule has 2 aromatic rings. The highest BCUT2D eigenvalue weighted by Gasteiger charge is 2.30. The fourth-order valence-corrected chi connectivity index (χ4v) is 3.56. The summed E-state index contributed by atoms with van der Waals surface area (Å²) in [5, 5.41) is 12.6. The minimum Gasteiger partial charge on any atom is -0.383 e. The van der Waals surface area contributed by atoms with E-state index in [1.54, 1.807) is 7.11 Å². The molecular weight excluding hydrogens is 342 g/mol. The Morgan fingerprint density at radius 1 is 1.11 bits per heavy atom. The normalized spacial score (nSPS) is 17.2. The van der Waals surface area contributed by atoms with Gasteiger partial charge in [-0.05, 0) is 34.7 Å². The highest BCUT2D eigenvalue weighted by Crippen LogP contribution is 2.29. The highest BCUT2D eigenvalue weighted by molar-refractivity contribution is 5.47. The van der Waals surface area contributed by atoms with Crippen molar-refractivity contribution in [1.29, 1.82) is 0 Å². The molecule has 0 saturated carbocycles. The molecule has 8 heteroatoms. The van der Waals surface area contributed by atoms with Gasteiger partial charge in [-0.15, -0.1) is 5.10 Å². The third-order valence-corrected chi connectivity index (χ3v) is 5.26. The molecule has 0 radical (unpaired) electrons. The lowest BCUT2D eigenvalue weighted by molar-refractivity contribution is 0.107. The van der Waals surface area contributed by atoms with Crippen LogP contribution >= 0.6 is 0 Å². The van der Waals surface area contributed by atoms with Crippen molar-refractivity contribution in [3.05, 3.63) is 35.7 Å². The Hall–Kier alpha value is -2.03. The van der Waals surface area contributed by atoms with Gasteiger partial charge in [-0.3, -0.25) is 4.90 Å². The maximum Gasteiger partial charge on any atom is 0.173 e. The maximum atomic E-state index is 5.23. The van der Waals surface area contributed by atoms with E-state index in [-0.39, 0.29) is 6.04 Å². The second-order valence-electron chi connectivity index (χ2n) is 7.11. The standard InChI is InChI=1S/C19H31N7O/c1-5-24-10-12-25(13-11-24)18(16-6-8-17(9-7-16)23(2)3)19-20-21-22-26(19)14-15-27-4/h6-9,18H,5,10-15H2,1-4H3/t18-/m1/s1. The van der Waals surface area contributed by atoms with Gasteiger partial charge in [0.1, 0.15) is 0 Å². The SMILES string of the molecule is CCN1CCN([C@H](c2ccc(N(C)C)cc2)c2nnnn2CCOC)CC1. The van der Waals surface area contributed by atoms with E-state index in [1.807, 2.05) is 4.68 Å². The summed E-state index contributed by atoms with van der Waals surface area (Å²) >= 11 is 0. The lowest BCUT2D eigenvalue weighted by Gasteiger charge is -2.38.